The molecule has 0 radical (unpaired) electrons. The number of carbonyl (C=O) groups is 3. The monoisotopic (exact) mass is 781 g/mol. The molecule has 9 nitrogen and oxygen atoms in total. The van der Waals surface area contributed by atoms with Crippen molar-refractivity contribution in [1.29, 1.82) is 0 Å². The Morgan fingerprint density at radius 2 is 1.29 bits per heavy atom. The van der Waals surface area contributed by atoms with E-state index in [2.05, 4.69) is 40.0 Å². The summed E-state index contributed by atoms with van der Waals surface area (Å²) in [4.78, 5) is 39.4. The summed E-state index contributed by atoms with van der Waals surface area (Å²) in [6, 6.07) is 0. The molecule has 0 aromatic rings. The zero-order chi connectivity index (χ0) is 42.2. The SMILES string of the molecule is C=CCC1[C@@]2(C=C)CC[C@H](OC(=O)/C(C)=C\C)[C@](C)(COC(=O)/C(C)=C\C)C2CC[C@@]1(C)[C@@]1(C)CC2CC(C)(C)[C@@H](O)[C@H](O)[C@]2(COC(=O)/C(C)=C\C)[C@H](O)C1. The highest BCUT2D eigenvalue weighted by molar-refractivity contribution is 5.88. The largest absolute Gasteiger partial charge is 0.462 e. The fraction of sp³-hybridized carbons (Fsp3) is 0.723. The van der Waals surface area contributed by atoms with E-state index in [-0.39, 0.29) is 42.4 Å². The first-order valence-corrected chi connectivity index (χ1v) is 20.8. The minimum atomic E-state index is -1.31. The van der Waals surface area contributed by atoms with E-state index in [0.29, 0.717) is 55.2 Å². The molecule has 314 valence electrons. The molecule has 56 heavy (non-hydrogen) atoms. The first-order valence-electron chi connectivity index (χ1n) is 20.8. The van der Waals surface area contributed by atoms with Gasteiger partial charge < -0.3 is 29.5 Å². The lowest BCUT2D eigenvalue weighted by Crippen LogP contribution is -2.70. The first-order chi connectivity index (χ1) is 26.0. The number of esters is 3. The highest BCUT2D eigenvalue weighted by Gasteiger charge is 2.71. The van der Waals surface area contributed by atoms with Crippen LogP contribution in [0.2, 0.25) is 0 Å². The molecule has 0 spiro atoms. The van der Waals surface area contributed by atoms with Gasteiger partial charge in [-0.2, -0.15) is 0 Å². The van der Waals surface area contributed by atoms with E-state index in [0.717, 1.165) is 12.8 Å². The van der Waals surface area contributed by atoms with Crippen molar-refractivity contribution in [2.45, 2.75) is 152 Å². The Morgan fingerprint density at radius 1 is 0.732 bits per heavy atom. The minimum absolute atomic E-state index is 0.00282. The van der Waals surface area contributed by atoms with E-state index in [1.165, 1.54) is 0 Å². The average molecular weight is 781 g/mol. The maximum absolute atomic E-state index is 13.3. The second-order valence-electron chi connectivity index (χ2n) is 19.3. The van der Waals surface area contributed by atoms with Gasteiger partial charge in [0.25, 0.3) is 0 Å². The summed E-state index contributed by atoms with van der Waals surface area (Å²) in [5.74, 6) is -1.63. The van der Waals surface area contributed by atoms with Crippen LogP contribution in [0.25, 0.3) is 0 Å². The molecule has 4 saturated carbocycles. The quantitative estimate of drug-likeness (QED) is 0.0772. The Hall–Kier alpha value is -3.01. The molecule has 4 aliphatic rings. The third kappa shape index (κ3) is 7.43. The number of aliphatic hydroxyl groups excluding tert-OH is 3. The Balaban J connectivity index is 1.82. The van der Waals surface area contributed by atoms with Crippen molar-refractivity contribution in [3.8, 4) is 0 Å². The van der Waals surface area contributed by atoms with E-state index in [4.69, 9.17) is 14.2 Å². The van der Waals surface area contributed by atoms with Gasteiger partial charge in [0, 0.05) is 22.1 Å². The van der Waals surface area contributed by atoms with Gasteiger partial charge in [-0.05, 0) is 132 Å². The Labute approximate surface area is 336 Å². The summed E-state index contributed by atoms with van der Waals surface area (Å²) < 4.78 is 18.2. The molecule has 0 aliphatic heterocycles. The van der Waals surface area contributed by atoms with E-state index in [1.54, 1.807) is 52.8 Å². The van der Waals surface area contributed by atoms with Crippen LogP contribution >= 0.6 is 0 Å². The van der Waals surface area contributed by atoms with Gasteiger partial charge in [0.1, 0.15) is 19.3 Å². The highest BCUT2D eigenvalue weighted by atomic mass is 16.6. The average Bonchev–Trinajstić information content (AvgIpc) is 3.16. The van der Waals surface area contributed by atoms with Crippen LogP contribution in [0.15, 0.2) is 60.3 Å². The van der Waals surface area contributed by atoms with E-state index in [9.17, 15) is 29.7 Å². The van der Waals surface area contributed by atoms with Crippen LogP contribution in [0.4, 0.5) is 0 Å². The predicted octanol–water partition coefficient (Wildman–Crippen LogP) is 8.38. The highest BCUT2D eigenvalue weighted by Crippen LogP contribution is 2.73. The maximum atomic E-state index is 13.3. The van der Waals surface area contributed by atoms with Crippen LogP contribution in [0.3, 0.4) is 0 Å². The van der Waals surface area contributed by atoms with Crippen molar-refractivity contribution in [2.75, 3.05) is 13.2 Å². The first kappa shape index (κ1) is 45.7. The van der Waals surface area contributed by atoms with Crippen molar-refractivity contribution in [1.82, 2.24) is 0 Å². The van der Waals surface area contributed by atoms with Gasteiger partial charge in [-0.25, -0.2) is 14.4 Å². The molecule has 0 saturated heterocycles. The fourth-order valence-electron chi connectivity index (χ4n) is 12.0. The number of hydrogen-bond acceptors (Lipinski definition) is 9. The van der Waals surface area contributed by atoms with Crippen LogP contribution < -0.4 is 0 Å². The van der Waals surface area contributed by atoms with E-state index in [1.807, 2.05) is 26.8 Å². The Bertz CT molecular complexity index is 1620. The number of fused-ring (bicyclic) bond motifs is 2. The van der Waals surface area contributed by atoms with Gasteiger partial charge in [-0.1, -0.05) is 65.0 Å². The molecule has 3 unspecified atom stereocenters. The van der Waals surface area contributed by atoms with Crippen LogP contribution in [0, 0.1) is 50.2 Å². The van der Waals surface area contributed by atoms with E-state index < -0.39 is 63.4 Å². The smallest absolute Gasteiger partial charge is 0.333 e. The van der Waals surface area contributed by atoms with Crippen molar-refractivity contribution < 1.29 is 43.9 Å². The molecule has 4 rings (SSSR count). The molecule has 0 aromatic carbocycles. The normalized spacial score (nSPS) is 41.4. The zero-order valence-corrected chi connectivity index (χ0v) is 36.2. The van der Waals surface area contributed by atoms with Crippen LogP contribution in [-0.4, -0.2) is 70.9 Å². The van der Waals surface area contributed by atoms with Crippen molar-refractivity contribution in [3.05, 3.63) is 60.3 Å². The number of ether oxygens (including phenoxy) is 3. The number of rotatable bonds is 12. The molecule has 9 heteroatoms. The van der Waals surface area contributed by atoms with Crippen molar-refractivity contribution in [2.24, 2.45) is 50.2 Å². The molecule has 3 N–H and O–H groups in total. The van der Waals surface area contributed by atoms with Gasteiger partial charge in [0.05, 0.1) is 23.7 Å². The summed E-state index contributed by atoms with van der Waals surface area (Å²) in [7, 11) is 0. The maximum Gasteiger partial charge on any atom is 0.333 e. The van der Waals surface area contributed by atoms with Crippen LogP contribution in [-0.2, 0) is 28.6 Å². The number of allylic oxidation sites excluding steroid dienone is 5. The molecule has 0 amide bonds. The Morgan fingerprint density at radius 3 is 1.82 bits per heavy atom. The molecule has 0 aromatic heterocycles. The van der Waals surface area contributed by atoms with Gasteiger partial charge in [-0.15, -0.1) is 13.2 Å². The Kier molecular flexibility index (Phi) is 13.6. The van der Waals surface area contributed by atoms with Gasteiger partial charge in [-0.3, -0.25) is 0 Å². The van der Waals surface area contributed by atoms with Crippen LogP contribution in [0.5, 0.6) is 0 Å². The van der Waals surface area contributed by atoms with Gasteiger partial charge in [0.15, 0.2) is 0 Å². The number of hydrogen-bond donors (Lipinski definition) is 3. The lowest BCUT2D eigenvalue weighted by Gasteiger charge is -2.70. The zero-order valence-electron chi connectivity index (χ0n) is 36.2. The van der Waals surface area contributed by atoms with Crippen LogP contribution in [0.1, 0.15) is 128 Å². The summed E-state index contributed by atoms with van der Waals surface area (Å²) in [6.07, 6.45) is 10.1. The standard InChI is InChI=1S/C47H72O9/c1-14-19-34-45(13,43(11)25-32-24-42(9,10)37(49)38(50)47(32,35(48)26-43)28-55-40(52)30(7)16-3)22-20-33-44(12,27-54-39(51)29(6)15-2)36(21-23-46(33,34)18-5)56-41(53)31(8)17-4/h14-18,32-38,48-50H,1,5,19-28H2,2-4,6-13H3/b29-15-,30-16-,31-17-/t32?,33?,34?,35-,36+,37+,38+,43+,44-,45-,46+,47+/m1/s1. The summed E-state index contributed by atoms with van der Waals surface area (Å²) in [5, 5.41) is 35.9. The lowest BCUT2D eigenvalue weighted by molar-refractivity contribution is -0.275. The van der Waals surface area contributed by atoms with Gasteiger partial charge in [0.2, 0.25) is 0 Å². The molecule has 0 heterocycles. The molecule has 0 bridgehead atoms. The number of aliphatic hydroxyl groups is 3. The molecule has 4 fully saturated rings. The molecule has 4 aliphatic carbocycles. The minimum Gasteiger partial charge on any atom is -0.462 e. The predicted molar refractivity (Wildman–Crippen MR) is 219 cm³/mol. The number of carbonyl (C=O) groups excluding carboxylic acids is 3. The topological polar surface area (TPSA) is 140 Å². The molecule has 12 atom stereocenters. The molecular weight excluding hydrogens is 709 g/mol. The van der Waals surface area contributed by atoms with E-state index >= 15 is 0 Å². The second kappa shape index (κ2) is 16.7. The lowest BCUT2D eigenvalue weighted by atomic mass is 9.35. The second-order valence-corrected chi connectivity index (χ2v) is 19.3. The molecular formula is C47H72O9. The van der Waals surface area contributed by atoms with Crippen molar-refractivity contribution >= 4 is 17.9 Å². The summed E-state index contributed by atoms with van der Waals surface area (Å²) in [6.45, 7) is 29.7. The third-order valence-corrected chi connectivity index (χ3v) is 16.2. The van der Waals surface area contributed by atoms with Gasteiger partial charge >= 0.3 is 17.9 Å². The van der Waals surface area contributed by atoms with Crippen molar-refractivity contribution in [3.63, 3.8) is 0 Å². The summed E-state index contributed by atoms with van der Waals surface area (Å²) in [5.41, 5.74) is -2.50. The fourth-order valence-corrected chi connectivity index (χ4v) is 12.0. The summed E-state index contributed by atoms with van der Waals surface area (Å²) >= 11 is 0. The third-order valence-electron chi connectivity index (χ3n) is 16.2.